The molecule has 1 aliphatic heterocycles. The molecule has 1 fully saturated rings. The number of nitrogens with zero attached hydrogens (tertiary/aromatic N) is 2. The van der Waals surface area contributed by atoms with Crippen LogP contribution in [0, 0.1) is 0 Å². The molecule has 0 bridgehead atoms. The summed E-state index contributed by atoms with van der Waals surface area (Å²) in [6.45, 7) is 8.73. The van der Waals surface area contributed by atoms with E-state index in [1.807, 2.05) is 12.1 Å². The molecule has 4 nitrogen and oxygen atoms in total. The first-order valence-corrected chi connectivity index (χ1v) is 7.30. The molecule has 0 spiro atoms. The Hall–Kier alpha value is -1.65. The summed E-state index contributed by atoms with van der Waals surface area (Å²) >= 11 is 0. The van der Waals surface area contributed by atoms with Crippen molar-refractivity contribution in [1.29, 1.82) is 0 Å². The molecule has 0 unspecified atom stereocenters. The average molecular weight is 288 g/mol. The van der Waals surface area contributed by atoms with Crippen LogP contribution in [0.4, 0.5) is 0 Å². The highest BCUT2D eigenvalue weighted by Crippen LogP contribution is 2.20. The lowest BCUT2D eigenvalue weighted by Crippen LogP contribution is -2.57. The molecule has 0 atom stereocenters. The van der Waals surface area contributed by atoms with Crippen molar-refractivity contribution < 1.29 is 9.90 Å². The topological polar surface area (TPSA) is 43.8 Å². The lowest BCUT2D eigenvalue weighted by Gasteiger charge is -2.45. The lowest BCUT2D eigenvalue weighted by molar-refractivity contribution is -0.131. The molecule has 0 saturated carbocycles. The second kappa shape index (κ2) is 6.41. The van der Waals surface area contributed by atoms with E-state index in [1.54, 1.807) is 6.08 Å². The van der Waals surface area contributed by atoms with E-state index in [0.717, 1.165) is 37.8 Å². The van der Waals surface area contributed by atoms with Crippen LogP contribution < -0.4 is 0 Å². The smallest absolute Gasteiger partial charge is 0.328 e. The third kappa shape index (κ3) is 4.41. The van der Waals surface area contributed by atoms with Crippen molar-refractivity contribution in [2.75, 3.05) is 26.7 Å². The van der Waals surface area contributed by atoms with Crippen molar-refractivity contribution >= 4 is 12.0 Å². The first-order chi connectivity index (χ1) is 9.87. The maximum Gasteiger partial charge on any atom is 0.328 e. The minimum Gasteiger partial charge on any atom is -0.478 e. The van der Waals surface area contributed by atoms with E-state index in [1.165, 1.54) is 5.56 Å². The van der Waals surface area contributed by atoms with Gasteiger partial charge in [0.25, 0.3) is 0 Å². The van der Waals surface area contributed by atoms with Crippen LogP contribution in [0.25, 0.3) is 6.08 Å². The number of benzene rings is 1. The second-order valence-electron chi connectivity index (χ2n) is 6.36. The zero-order valence-corrected chi connectivity index (χ0v) is 13.0. The average Bonchev–Trinajstić information content (AvgIpc) is 2.42. The molecule has 0 aromatic heterocycles. The fraction of sp³-hybridized carbons (Fsp3) is 0.471. The number of likely N-dealkylation sites (N-methyl/N-ethyl adjacent to an activating group) is 1. The van der Waals surface area contributed by atoms with E-state index in [9.17, 15) is 4.79 Å². The molecule has 1 heterocycles. The van der Waals surface area contributed by atoms with Gasteiger partial charge in [0.05, 0.1) is 0 Å². The van der Waals surface area contributed by atoms with Gasteiger partial charge in [0.2, 0.25) is 0 Å². The van der Waals surface area contributed by atoms with Gasteiger partial charge in [-0.2, -0.15) is 0 Å². The maximum atomic E-state index is 10.5. The Labute approximate surface area is 126 Å². The molecule has 21 heavy (non-hydrogen) atoms. The summed E-state index contributed by atoms with van der Waals surface area (Å²) in [4.78, 5) is 15.4. The molecule has 1 saturated heterocycles. The van der Waals surface area contributed by atoms with Gasteiger partial charge in [-0.15, -0.1) is 0 Å². The van der Waals surface area contributed by atoms with Gasteiger partial charge in [-0.3, -0.25) is 9.80 Å². The van der Waals surface area contributed by atoms with Gasteiger partial charge >= 0.3 is 5.97 Å². The summed E-state index contributed by atoms with van der Waals surface area (Å²) in [5.41, 5.74) is 2.39. The monoisotopic (exact) mass is 288 g/mol. The zero-order chi connectivity index (χ0) is 15.5. The molecule has 4 heteroatoms. The predicted molar refractivity (Wildman–Crippen MR) is 85.1 cm³/mol. The Balaban J connectivity index is 1.96. The van der Waals surface area contributed by atoms with Crippen molar-refractivity contribution in [2.24, 2.45) is 0 Å². The summed E-state index contributed by atoms with van der Waals surface area (Å²) in [6, 6.07) is 8.09. The quantitative estimate of drug-likeness (QED) is 0.864. The number of aliphatic carboxylic acids is 1. The van der Waals surface area contributed by atoms with E-state index in [2.05, 4.69) is 42.8 Å². The molecule has 2 rings (SSSR count). The zero-order valence-electron chi connectivity index (χ0n) is 13.0. The Morgan fingerprint density at radius 2 is 1.95 bits per heavy atom. The molecule has 114 valence electrons. The van der Waals surface area contributed by atoms with Crippen molar-refractivity contribution in [3.05, 3.63) is 41.5 Å². The summed E-state index contributed by atoms with van der Waals surface area (Å²) < 4.78 is 0. The number of rotatable bonds is 4. The van der Waals surface area contributed by atoms with E-state index >= 15 is 0 Å². The molecule has 1 aromatic rings. The minimum atomic E-state index is -0.918. The third-order valence-corrected chi connectivity index (χ3v) is 4.20. The maximum absolute atomic E-state index is 10.5. The summed E-state index contributed by atoms with van der Waals surface area (Å²) in [6.07, 6.45) is 2.78. The number of carbonyl (C=O) groups is 1. The number of piperazine rings is 1. The Morgan fingerprint density at radius 1 is 1.29 bits per heavy atom. The Bertz CT molecular complexity index is 520. The molecule has 0 aliphatic carbocycles. The second-order valence-corrected chi connectivity index (χ2v) is 6.36. The summed E-state index contributed by atoms with van der Waals surface area (Å²) in [5.74, 6) is -0.918. The molecule has 0 radical (unpaired) electrons. The van der Waals surface area contributed by atoms with Crippen LogP contribution >= 0.6 is 0 Å². The number of hydrogen-bond donors (Lipinski definition) is 1. The van der Waals surface area contributed by atoms with Crippen molar-refractivity contribution in [1.82, 2.24) is 9.80 Å². The van der Waals surface area contributed by atoms with Crippen LogP contribution in [0.1, 0.15) is 25.0 Å². The number of carboxylic acids is 1. The third-order valence-electron chi connectivity index (χ3n) is 4.20. The predicted octanol–water partition coefficient (Wildman–Crippen LogP) is 2.31. The normalized spacial score (nSPS) is 20.0. The van der Waals surface area contributed by atoms with Gasteiger partial charge in [0.1, 0.15) is 0 Å². The molecular formula is C17H24N2O2. The minimum absolute atomic E-state index is 0.211. The van der Waals surface area contributed by atoms with Gasteiger partial charge in [-0.25, -0.2) is 4.79 Å². The van der Waals surface area contributed by atoms with Gasteiger partial charge in [-0.05, 0) is 38.1 Å². The van der Waals surface area contributed by atoms with Crippen LogP contribution in [0.3, 0.4) is 0 Å². The SMILES string of the molecule is CN1CCN(Cc2ccc(C=CC(=O)O)cc2)CC1(C)C. The molecular weight excluding hydrogens is 264 g/mol. The largest absolute Gasteiger partial charge is 0.478 e. The van der Waals surface area contributed by atoms with E-state index < -0.39 is 5.97 Å². The number of carboxylic acid groups (broad SMARTS) is 1. The fourth-order valence-corrected chi connectivity index (χ4v) is 2.64. The van der Waals surface area contributed by atoms with E-state index in [-0.39, 0.29) is 5.54 Å². The van der Waals surface area contributed by atoms with Crippen LogP contribution in [0.5, 0.6) is 0 Å². The Kier molecular flexibility index (Phi) is 4.80. The van der Waals surface area contributed by atoms with E-state index in [0.29, 0.717) is 0 Å². The van der Waals surface area contributed by atoms with Crippen molar-refractivity contribution in [3.63, 3.8) is 0 Å². The van der Waals surface area contributed by atoms with Gasteiger partial charge in [0, 0.05) is 37.8 Å². The Morgan fingerprint density at radius 3 is 2.52 bits per heavy atom. The molecule has 1 aliphatic rings. The highest BCUT2D eigenvalue weighted by Gasteiger charge is 2.30. The molecule has 0 amide bonds. The summed E-state index contributed by atoms with van der Waals surface area (Å²) in [5, 5.41) is 8.62. The van der Waals surface area contributed by atoms with E-state index in [4.69, 9.17) is 5.11 Å². The highest BCUT2D eigenvalue weighted by molar-refractivity contribution is 5.85. The number of hydrogen-bond acceptors (Lipinski definition) is 3. The highest BCUT2D eigenvalue weighted by atomic mass is 16.4. The van der Waals surface area contributed by atoms with Crippen molar-refractivity contribution in [2.45, 2.75) is 25.9 Å². The van der Waals surface area contributed by atoms with Crippen LogP contribution in [-0.4, -0.2) is 53.1 Å². The standard InChI is InChI=1S/C17H24N2O2/c1-17(2)13-19(11-10-18(17)3)12-15-6-4-14(5-7-15)8-9-16(20)21/h4-9H,10-13H2,1-3H3,(H,20,21). The lowest BCUT2D eigenvalue weighted by atomic mass is 9.99. The van der Waals surface area contributed by atoms with Crippen LogP contribution in [0.2, 0.25) is 0 Å². The van der Waals surface area contributed by atoms with Crippen LogP contribution in [-0.2, 0) is 11.3 Å². The van der Waals surface area contributed by atoms with Gasteiger partial charge < -0.3 is 5.11 Å². The fourth-order valence-electron chi connectivity index (χ4n) is 2.64. The molecule has 1 N–H and O–H groups in total. The van der Waals surface area contributed by atoms with Gasteiger partial charge in [-0.1, -0.05) is 24.3 Å². The molecule has 1 aromatic carbocycles. The first-order valence-electron chi connectivity index (χ1n) is 7.30. The van der Waals surface area contributed by atoms with Crippen molar-refractivity contribution in [3.8, 4) is 0 Å². The first kappa shape index (κ1) is 15.7. The van der Waals surface area contributed by atoms with Crippen LogP contribution in [0.15, 0.2) is 30.3 Å². The summed E-state index contributed by atoms with van der Waals surface area (Å²) in [7, 11) is 2.18. The van der Waals surface area contributed by atoms with Gasteiger partial charge in [0.15, 0.2) is 0 Å².